The summed E-state index contributed by atoms with van der Waals surface area (Å²) in [6.07, 6.45) is 2.50. The molecule has 0 aromatic rings. The van der Waals surface area contributed by atoms with E-state index in [1.54, 1.807) is 0 Å². The summed E-state index contributed by atoms with van der Waals surface area (Å²) in [6.45, 7) is 9.35. The molecule has 2 nitrogen and oxygen atoms in total. The van der Waals surface area contributed by atoms with E-state index in [1.807, 2.05) is 6.92 Å². The largest absolute Gasteiger partial charge is 0.389 e. The SMILES string of the molecule is CCCCN1C[C@H](C)[C@@](C)(O)C1. The van der Waals surface area contributed by atoms with Crippen LogP contribution in [0.3, 0.4) is 0 Å². The molecule has 1 rings (SSSR count). The highest BCUT2D eigenvalue weighted by Gasteiger charge is 2.37. The highest BCUT2D eigenvalue weighted by molar-refractivity contribution is 4.91. The zero-order chi connectivity index (χ0) is 9.19. The Balaban J connectivity index is 2.33. The minimum absolute atomic E-state index is 0.425. The normalized spacial score (nSPS) is 37.5. The molecular formula is C10H21NO. The predicted octanol–water partition coefficient (Wildman–Crippen LogP) is 1.49. The van der Waals surface area contributed by atoms with Crippen molar-refractivity contribution in [3.8, 4) is 0 Å². The van der Waals surface area contributed by atoms with Gasteiger partial charge in [-0.1, -0.05) is 20.3 Å². The van der Waals surface area contributed by atoms with Crippen molar-refractivity contribution in [3.05, 3.63) is 0 Å². The van der Waals surface area contributed by atoms with Crippen LogP contribution in [-0.2, 0) is 0 Å². The number of nitrogens with zero attached hydrogens (tertiary/aromatic N) is 1. The molecule has 0 saturated carbocycles. The number of β-amino-alcohol motifs (C(OH)–C–C–N with tert-alkyl or cyclic N) is 1. The van der Waals surface area contributed by atoms with Gasteiger partial charge in [-0.15, -0.1) is 0 Å². The lowest BCUT2D eigenvalue weighted by Crippen LogP contribution is -2.33. The number of unbranched alkanes of at least 4 members (excludes halogenated alkanes) is 1. The van der Waals surface area contributed by atoms with Crippen LogP contribution in [0.25, 0.3) is 0 Å². The van der Waals surface area contributed by atoms with Gasteiger partial charge in [-0.2, -0.15) is 0 Å². The monoisotopic (exact) mass is 171 g/mol. The van der Waals surface area contributed by atoms with E-state index in [-0.39, 0.29) is 0 Å². The van der Waals surface area contributed by atoms with Crippen molar-refractivity contribution in [3.63, 3.8) is 0 Å². The van der Waals surface area contributed by atoms with Gasteiger partial charge < -0.3 is 10.0 Å². The van der Waals surface area contributed by atoms with Gasteiger partial charge in [0.1, 0.15) is 0 Å². The Hall–Kier alpha value is -0.0800. The summed E-state index contributed by atoms with van der Waals surface area (Å²) in [5.41, 5.74) is -0.451. The maximum absolute atomic E-state index is 9.89. The van der Waals surface area contributed by atoms with Crippen LogP contribution in [0.4, 0.5) is 0 Å². The molecule has 0 radical (unpaired) electrons. The van der Waals surface area contributed by atoms with Crippen LogP contribution in [-0.4, -0.2) is 35.2 Å². The maximum atomic E-state index is 9.89. The molecular weight excluding hydrogens is 150 g/mol. The molecule has 1 fully saturated rings. The fourth-order valence-corrected chi connectivity index (χ4v) is 1.81. The lowest BCUT2D eigenvalue weighted by atomic mass is 9.95. The quantitative estimate of drug-likeness (QED) is 0.695. The van der Waals surface area contributed by atoms with Gasteiger partial charge in [-0.05, 0) is 25.8 Å². The van der Waals surface area contributed by atoms with E-state index >= 15 is 0 Å². The van der Waals surface area contributed by atoms with Crippen LogP contribution in [0.5, 0.6) is 0 Å². The Morgan fingerprint density at radius 2 is 2.25 bits per heavy atom. The molecule has 1 heterocycles. The number of aliphatic hydroxyl groups is 1. The van der Waals surface area contributed by atoms with E-state index in [0.717, 1.165) is 19.6 Å². The first kappa shape index (κ1) is 10.0. The van der Waals surface area contributed by atoms with Gasteiger partial charge in [0.25, 0.3) is 0 Å². The highest BCUT2D eigenvalue weighted by atomic mass is 16.3. The van der Waals surface area contributed by atoms with Gasteiger partial charge in [0.2, 0.25) is 0 Å². The van der Waals surface area contributed by atoms with E-state index in [4.69, 9.17) is 0 Å². The third-order valence-electron chi connectivity index (χ3n) is 2.97. The van der Waals surface area contributed by atoms with Crippen LogP contribution in [0, 0.1) is 5.92 Å². The number of hydrogen-bond acceptors (Lipinski definition) is 2. The van der Waals surface area contributed by atoms with E-state index in [9.17, 15) is 5.11 Å². The molecule has 1 saturated heterocycles. The van der Waals surface area contributed by atoms with E-state index in [2.05, 4.69) is 18.7 Å². The first-order chi connectivity index (χ1) is 5.56. The van der Waals surface area contributed by atoms with Crippen LogP contribution in [0.2, 0.25) is 0 Å². The first-order valence-corrected chi connectivity index (χ1v) is 5.01. The van der Waals surface area contributed by atoms with Gasteiger partial charge in [-0.3, -0.25) is 0 Å². The molecule has 72 valence electrons. The van der Waals surface area contributed by atoms with Crippen molar-refractivity contribution in [2.75, 3.05) is 19.6 Å². The number of hydrogen-bond donors (Lipinski definition) is 1. The Morgan fingerprint density at radius 3 is 2.67 bits per heavy atom. The second-order valence-corrected chi connectivity index (χ2v) is 4.35. The van der Waals surface area contributed by atoms with E-state index in [1.165, 1.54) is 12.8 Å². The maximum Gasteiger partial charge on any atom is 0.0783 e. The third-order valence-corrected chi connectivity index (χ3v) is 2.97. The highest BCUT2D eigenvalue weighted by Crippen LogP contribution is 2.26. The summed E-state index contributed by atoms with van der Waals surface area (Å²) in [5.74, 6) is 0.425. The minimum Gasteiger partial charge on any atom is -0.389 e. The van der Waals surface area contributed by atoms with Crippen LogP contribution >= 0.6 is 0 Å². The third kappa shape index (κ3) is 2.20. The van der Waals surface area contributed by atoms with Crippen LogP contribution in [0.15, 0.2) is 0 Å². The average molecular weight is 171 g/mol. The second kappa shape index (κ2) is 3.75. The van der Waals surface area contributed by atoms with Gasteiger partial charge in [0, 0.05) is 13.1 Å². The Bertz CT molecular complexity index is 145. The summed E-state index contributed by atoms with van der Waals surface area (Å²) in [5, 5.41) is 9.89. The molecule has 0 aliphatic carbocycles. The predicted molar refractivity (Wildman–Crippen MR) is 51.1 cm³/mol. The summed E-state index contributed by atoms with van der Waals surface area (Å²) < 4.78 is 0. The Morgan fingerprint density at radius 1 is 1.58 bits per heavy atom. The molecule has 12 heavy (non-hydrogen) atoms. The van der Waals surface area contributed by atoms with Gasteiger partial charge in [-0.25, -0.2) is 0 Å². The molecule has 0 amide bonds. The zero-order valence-corrected chi connectivity index (χ0v) is 8.51. The fourth-order valence-electron chi connectivity index (χ4n) is 1.81. The van der Waals surface area contributed by atoms with Gasteiger partial charge in [0.15, 0.2) is 0 Å². The zero-order valence-electron chi connectivity index (χ0n) is 8.51. The second-order valence-electron chi connectivity index (χ2n) is 4.35. The minimum atomic E-state index is -0.451. The Kier molecular flexibility index (Phi) is 3.13. The molecule has 0 aromatic carbocycles. The van der Waals surface area contributed by atoms with Crippen LogP contribution < -0.4 is 0 Å². The molecule has 0 bridgehead atoms. The fraction of sp³-hybridized carbons (Fsp3) is 1.00. The molecule has 1 aliphatic rings. The summed E-state index contributed by atoms with van der Waals surface area (Å²) in [7, 11) is 0. The molecule has 1 N–H and O–H groups in total. The van der Waals surface area contributed by atoms with Crippen molar-refractivity contribution in [1.82, 2.24) is 4.90 Å². The average Bonchev–Trinajstić information content (AvgIpc) is 2.22. The lowest BCUT2D eigenvalue weighted by Gasteiger charge is -2.20. The van der Waals surface area contributed by atoms with E-state index in [0.29, 0.717) is 5.92 Å². The topological polar surface area (TPSA) is 23.5 Å². The summed E-state index contributed by atoms with van der Waals surface area (Å²) in [6, 6.07) is 0. The van der Waals surface area contributed by atoms with Crippen molar-refractivity contribution in [2.45, 2.75) is 39.2 Å². The van der Waals surface area contributed by atoms with Crippen molar-refractivity contribution in [1.29, 1.82) is 0 Å². The Labute approximate surface area is 75.6 Å². The molecule has 1 aliphatic heterocycles. The first-order valence-electron chi connectivity index (χ1n) is 5.01. The molecule has 0 aromatic heterocycles. The van der Waals surface area contributed by atoms with Gasteiger partial charge >= 0.3 is 0 Å². The number of rotatable bonds is 3. The smallest absolute Gasteiger partial charge is 0.0783 e. The van der Waals surface area contributed by atoms with Crippen molar-refractivity contribution >= 4 is 0 Å². The van der Waals surface area contributed by atoms with Crippen molar-refractivity contribution in [2.24, 2.45) is 5.92 Å². The molecule has 2 heteroatoms. The molecule has 2 atom stereocenters. The molecule has 0 spiro atoms. The van der Waals surface area contributed by atoms with Crippen molar-refractivity contribution < 1.29 is 5.11 Å². The standard InChI is InChI=1S/C10H21NO/c1-4-5-6-11-7-9(2)10(3,12)8-11/h9,12H,4-8H2,1-3H3/t9-,10-/m0/s1. The summed E-state index contributed by atoms with van der Waals surface area (Å²) >= 11 is 0. The van der Waals surface area contributed by atoms with Crippen LogP contribution in [0.1, 0.15) is 33.6 Å². The van der Waals surface area contributed by atoms with Gasteiger partial charge in [0.05, 0.1) is 5.60 Å². The summed E-state index contributed by atoms with van der Waals surface area (Å²) in [4.78, 5) is 2.37. The van der Waals surface area contributed by atoms with E-state index < -0.39 is 5.60 Å². The molecule has 0 unspecified atom stereocenters. The number of likely N-dealkylation sites (tertiary alicyclic amines) is 1. The lowest BCUT2D eigenvalue weighted by molar-refractivity contribution is 0.0368.